The standard InChI is InChI=1S/C11H17BrN2O2/c1-16-10-6-7(12)5-8(11(10)15)9(14)3-2-4-13/h5-6,9,15H,2-4,13-14H2,1H3/t9-/m1/s1. The zero-order chi connectivity index (χ0) is 12.1. The van der Waals surface area contributed by atoms with E-state index in [9.17, 15) is 5.11 Å². The number of aromatic hydroxyl groups is 1. The minimum atomic E-state index is -0.227. The maximum absolute atomic E-state index is 9.93. The SMILES string of the molecule is COc1cc(Br)cc([C@H](N)CCCN)c1O. The van der Waals surface area contributed by atoms with Crippen molar-refractivity contribution in [3.63, 3.8) is 0 Å². The van der Waals surface area contributed by atoms with Gasteiger partial charge in [-0.15, -0.1) is 0 Å². The molecule has 1 rings (SSSR count). The number of phenols is 1. The lowest BCUT2D eigenvalue weighted by Crippen LogP contribution is -2.13. The smallest absolute Gasteiger partial charge is 0.162 e. The van der Waals surface area contributed by atoms with E-state index in [4.69, 9.17) is 16.2 Å². The Labute approximate surface area is 104 Å². The van der Waals surface area contributed by atoms with E-state index >= 15 is 0 Å². The van der Waals surface area contributed by atoms with Crippen molar-refractivity contribution < 1.29 is 9.84 Å². The Morgan fingerprint density at radius 2 is 2.19 bits per heavy atom. The largest absolute Gasteiger partial charge is 0.504 e. The highest BCUT2D eigenvalue weighted by Crippen LogP contribution is 2.37. The molecule has 0 fully saturated rings. The quantitative estimate of drug-likeness (QED) is 0.773. The van der Waals surface area contributed by atoms with E-state index < -0.39 is 0 Å². The van der Waals surface area contributed by atoms with Crippen molar-refractivity contribution in [1.29, 1.82) is 0 Å². The first-order chi connectivity index (χ1) is 7.60. The lowest BCUT2D eigenvalue weighted by atomic mass is 10.0. The van der Waals surface area contributed by atoms with Gasteiger partial charge in [0.25, 0.3) is 0 Å². The van der Waals surface area contributed by atoms with Gasteiger partial charge in [0.05, 0.1) is 7.11 Å². The van der Waals surface area contributed by atoms with Crippen LogP contribution in [0.1, 0.15) is 24.4 Å². The molecule has 0 radical (unpaired) electrons. The number of hydrogen-bond acceptors (Lipinski definition) is 4. The van der Waals surface area contributed by atoms with Crippen molar-refractivity contribution in [2.45, 2.75) is 18.9 Å². The van der Waals surface area contributed by atoms with E-state index in [1.807, 2.05) is 0 Å². The lowest BCUT2D eigenvalue weighted by molar-refractivity contribution is 0.367. The van der Waals surface area contributed by atoms with Gasteiger partial charge in [-0.3, -0.25) is 0 Å². The second kappa shape index (κ2) is 6.08. The molecule has 1 aromatic rings. The maximum Gasteiger partial charge on any atom is 0.162 e. The summed E-state index contributed by atoms with van der Waals surface area (Å²) in [5.41, 5.74) is 12.1. The van der Waals surface area contributed by atoms with E-state index in [-0.39, 0.29) is 11.8 Å². The Kier molecular flexibility index (Phi) is 5.05. The van der Waals surface area contributed by atoms with E-state index in [1.54, 1.807) is 12.1 Å². The van der Waals surface area contributed by atoms with E-state index in [1.165, 1.54) is 7.11 Å². The predicted octanol–water partition coefficient (Wildman–Crippen LogP) is 1.90. The summed E-state index contributed by atoms with van der Waals surface area (Å²) < 4.78 is 5.89. The Morgan fingerprint density at radius 1 is 1.50 bits per heavy atom. The van der Waals surface area contributed by atoms with Crippen LogP contribution in [0.15, 0.2) is 16.6 Å². The van der Waals surface area contributed by atoms with Crippen LogP contribution in [0.5, 0.6) is 11.5 Å². The van der Waals surface area contributed by atoms with E-state index in [0.29, 0.717) is 17.9 Å². The molecule has 16 heavy (non-hydrogen) atoms. The molecule has 0 bridgehead atoms. The maximum atomic E-state index is 9.93. The number of rotatable bonds is 5. The molecule has 0 unspecified atom stereocenters. The van der Waals surface area contributed by atoms with Crippen molar-refractivity contribution in [3.8, 4) is 11.5 Å². The summed E-state index contributed by atoms with van der Waals surface area (Å²) in [6.07, 6.45) is 1.57. The van der Waals surface area contributed by atoms with Crippen LogP contribution in [0.3, 0.4) is 0 Å². The van der Waals surface area contributed by atoms with Crippen LogP contribution in [0.2, 0.25) is 0 Å². The van der Waals surface area contributed by atoms with Crippen LogP contribution in [0.4, 0.5) is 0 Å². The molecule has 0 heterocycles. The van der Waals surface area contributed by atoms with E-state index in [2.05, 4.69) is 15.9 Å². The molecule has 1 aromatic carbocycles. The third-order valence-electron chi connectivity index (χ3n) is 2.41. The Bertz CT molecular complexity index is 358. The molecule has 0 aromatic heterocycles. The molecule has 0 aliphatic heterocycles. The molecule has 0 aliphatic carbocycles. The average Bonchev–Trinajstić information content (AvgIpc) is 2.28. The molecule has 90 valence electrons. The third kappa shape index (κ3) is 3.10. The summed E-state index contributed by atoms with van der Waals surface area (Å²) >= 11 is 3.35. The first-order valence-corrected chi connectivity index (χ1v) is 5.91. The van der Waals surface area contributed by atoms with Crippen LogP contribution < -0.4 is 16.2 Å². The number of benzene rings is 1. The number of methoxy groups -OCH3 is 1. The predicted molar refractivity (Wildman–Crippen MR) is 67.6 cm³/mol. The minimum Gasteiger partial charge on any atom is -0.504 e. The fourth-order valence-corrected chi connectivity index (χ4v) is 1.98. The highest BCUT2D eigenvalue weighted by atomic mass is 79.9. The molecule has 1 atom stereocenters. The van der Waals surface area contributed by atoms with Gasteiger partial charge in [0.15, 0.2) is 11.5 Å². The molecule has 0 spiro atoms. The monoisotopic (exact) mass is 288 g/mol. The van der Waals surface area contributed by atoms with Gasteiger partial charge in [-0.1, -0.05) is 15.9 Å². The summed E-state index contributed by atoms with van der Waals surface area (Å²) in [6, 6.07) is 3.28. The summed E-state index contributed by atoms with van der Waals surface area (Å²) in [5.74, 6) is 0.530. The first-order valence-electron chi connectivity index (χ1n) is 5.12. The van der Waals surface area contributed by atoms with E-state index in [0.717, 1.165) is 17.3 Å². The molecule has 4 nitrogen and oxygen atoms in total. The molecule has 0 aliphatic rings. The van der Waals surface area contributed by atoms with Crippen LogP contribution in [0.25, 0.3) is 0 Å². The van der Waals surface area contributed by atoms with Gasteiger partial charge in [0, 0.05) is 16.1 Å². The van der Waals surface area contributed by atoms with Gasteiger partial charge in [-0.25, -0.2) is 0 Å². The summed E-state index contributed by atoms with van der Waals surface area (Å²) in [4.78, 5) is 0. The number of halogens is 1. The molecule has 5 heteroatoms. The van der Waals surface area contributed by atoms with Gasteiger partial charge in [0.2, 0.25) is 0 Å². The van der Waals surface area contributed by atoms with Crippen molar-refractivity contribution in [2.75, 3.05) is 13.7 Å². The number of hydrogen-bond donors (Lipinski definition) is 3. The molecular formula is C11H17BrN2O2. The van der Waals surface area contributed by atoms with Crippen molar-refractivity contribution in [3.05, 3.63) is 22.2 Å². The van der Waals surface area contributed by atoms with Gasteiger partial charge >= 0.3 is 0 Å². The highest BCUT2D eigenvalue weighted by molar-refractivity contribution is 9.10. The van der Waals surface area contributed by atoms with Crippen LogP contribution in [-0.4, -0.2) is 18.8 Å². The number of ether oxygens (including phenoxy) is 1. The van der Waals surface area contributed by atoms with Crippen LogP contribution >= 0.6 is 15.9 Å². The highest BCUT2D eigenvalue weighted by Gasteiger charge is 2.15. The third-order valence-corrected chi connectivity index (χ3v) is 2.87. The van der Waals surface area contributed by atoms with Gasteiger partial charge in [-0.05, 0) is 31.5 Å². The van der Waals surface area contributed by atoms with Crippen molar-refractivity contribution in [1.82, 2.24) is 0 Å². The number of nitrogens with two attached hydrogens (primary N) is 2. The lowest BCUT2D eigenvalue weighted by Gasteiger charge is -2.15. The molecule has 0 saturated carbocycles. The Hall–Kier alpha value is -0.780. The Balaban J connectivity index is 2.98. The summed E-state index contributed by atoms with van der Waals surface area (Å²) in [6.45, 7) is 0.597. The topological polar surface area (TPSA) is 81.5 Å². The fraction of sp³-hybridized carbons (Fsp3) is 0.455. The minimum absolute atomic E-state index is 0.107. The molecule has 0 saturated heterocycles. The molecular weight excluding hydrogens is 272 g/mol. The molecule has 5 N–H and O–H groups in total. The van der Waals surface area contributed by atoms with Crippen molar-refractivity contribution in [2.24, 2.45) is 11.5 Å². The first kappa shape index (κ1) is 13.3. The normalized spacial score (nSPS) is 12.5. The number of phenolic OH excluding ortho intramolecular Hbond substituents is 1. The van der Waals surface area contributed by atoms with Crippen LogP contribution in [-0.2, 0) is 0 Å². The van der Waals surface area contributed by atoms with Gasteiger partial charge in [0.1, 0.15) is 0 Å². The zero-order valence-corrected chi connectivity index (χ0v) is 10.8. The zero-order valence-electron chi connectivity index (χ0n) is 9.24. The van der Waals surface area contributed by atoms with Gasteiger partial charge < -0.3 is 21.3 Å². The average molecular weight is 289 g/mol. The molecule has 0 amide bonds. The second-order valence-electron chi connectivity index (χ2n) is 3.58. The Morgan fingerprint density at radius 3 is 2.75 bits per heavy atom. The van der Waals surface area contributed by atoms with Gasteiger partial charge in [-0.2, -0.15) is 0 Å². The summed E-state index contributed by atoms with van der Waals surface area (Å²) in [7, 11) is 1.51. The fourth-order valence-electron chi connectivity index (χ4n) is 1.53. The summed E-state index contributed by atoms with van der Waals surface area (Å²) in [5, 5.41) is 9.93. The van der Waals surface area contributed by atoms with Crippen LogP contribution in [0, 0.1) is 0 Å². The second-order valence-corrected chi connectivity index (χ2v) is 4.50. The van der Waals surface area contributed by atoms with Crippen molar-refractivity contribution >= 4 is 15.9 Å².